The largest absolute Gasteiger partial charge is 0.382 e. The SMILES string of the molecule is CCNC(=NCCCC1CCCCC1)NCCOCCOC. The van der Waals surface area contributed by atoms with Gasteiger partial charge in [-0.15, -0.1) is 0 Å². The summed E-state index contributed by atoms with van der Waals surface area (Å²) in [4.78, 5) is 4.65. The summed E-state index contributed by atoms with van der Waals surface area (Å²) in [6, 6.07) is 0. The fourth-order valence-corrected chi connectivity index (χ4v) is 2.87. The number of ether oxygens (including phenoxy) is 2. The van der Waals surface area contributed by atoms with Crippen LogP contribution < -0.4 is 10.6 Å². The zero-order valence-corrected chi connectivity index (χ0v) is 14.5. The lowest BCUT2D eigenvalue weighted by Crippen LogP contribution is -2.39. The number of guanidine groups is 1. The second-order valence-electron chi connectivity index (χ2n) is 5.94. The van der Waals surface area contributed by atoms with E-state index in [2.05, 4.69) is 22.5 Å². The third-order valence-electron chi connectivity index (χ3n) is 4.08. The highest BCUT2D eigenvalue weighted by atomic mass is 16.5. The highest BCUT2D eigenvalue weighted by molar-refractivity contribution is 5.79. The predicted molar refractivity (Wildman–Crippen MR) is 92.5 cm³/mol. The van der Waals surface area contributed by atoms with Crippen molar-refractivity contribution >= 4 is 5.96 Å². The van der Waals surface area contributed by atoms with Crippen molar-refractivity contribution < 1.29 is 9.47 Å². The van der Waals surface area contributed by atoms with Crippen molar-refractivity contribution in [3.8, 4) is 0 Å². The van der Waals surface area contributed by atoms with Crippen molar-refractivity contribution in [3.63, 3.8) is 0 Å². The Morgan fingerprint density at radius 3 is 2.64 bits per heavy atom. The first kappa shape index (κ1) is 19.2. The minimum absolute atomic E-state index is 0.646. The van der Waals surface area contributed by atoms with Crippen LogP contribution in [0.4, 0.5) is 0 Å². The van der Waals surface area contributed by atoms with E-state index in [4.69, 9.17) is 9.47 Å². The van der Waals surface area contributed by atoms with Gasteiger partial charge in [0.15, 0.2) is 5.96 Å². The standard InChI is InChI=1S/C17H35N3O2/c1-3-18-17(20-12-13-22-15-14-21-2)19-11-7-10-16-8-5-4-6-9-16/h16H,3-15H2,1-2H3,(H2,18,19,20). The average molecular weight is 313 g/mol. The molecule has 1 aliphatic rings. The van der Waals surface area contributed by atoms with E-state index in [-0.39, 0.29) is 0 Å². The van der Waals surface area contributed by atoms with Gasteiger partial charge in [0.2, 0.25) is 0 Å². The van der Waals surface area contributed by atoms with Crippen molar-refractivity contribution in [3.05, 3.63) is 0 Å². The number of hydrogen-bond donors (Lipinski definition) is 2. The molecule has 5 heteroatoms. The number of hydrogen-bond acceptors (Lipinski definition) is 3. The third-order valence-corrected chi connectivity index (χ3v) is 4.08. The van der Waals surface area contributed by atoms with Gasteiger partial charge in [0.05, 0.1) is 19.8 Å². The van der Waals surface area contributed by atoms with E-state index in [0.29, 0.717) is 19.8 Å². The van der Waals surface area contributed by atoms with Gasteiger partial charge in [0, 0.05) is 26.7 Å². The zero-order chi connectivity index (χ0) is 15.9. The molecular weight excluding hydrogens is 278 g/mol. The van der Waals surface area contributed by atoms with Gasteiger partial charge in [-0.1, -0.05) is 32.1 Å². The van der Waals surface area contributed by atoms with Gasteiger partial charge in [0.1, 0.15) is 0 Å². The molecule has 0 amide bonds. The molecule has 0 aliphatic heterocycles. The van der Waals surface area contributed by atoms with E-state index in [1.54, 1.807) is 7.11 Å². The maximum Gasteiger partial charge on any atom is 0.191 e. The smallest absolute Gasteiger partial charge is 0.191 e. The first-order chi connectivity index (χ1) is 10.9. The Morgan fingerprint density at radius 2 is 1.91 bits per heavy atom. The van der Waals surface area contributed by atoms with E-state index in [1.807, 2.05) is 0 Å². The summed E-state index contributed by atoms with van der Waals surface area (Å²) in [6.07, 6.45) is 9.70. The lowest BCUT2D eigenvalue weighted by molar-refractivity contribution is 0.0733. The molecule has 0 saturated heterocycles. The van der Waals surface area contributed by atoms with Crippen LogP contribution in [0.1, 0.15) is 51.9 Å². The van der Waals surface area contributed by atoms with Crippen molar-refractivity contribution in [2.45, 2.75) is 51.9 Å². The molecule has 0 heterocycles. The minimum Gasteiger partial charge on any atom is -0.382 e. The first-order valence-corrected chi connectivity index (χ1v) is 8.95. The first-order valence-electron chi connectivity index (χ1n) is 8.95. The van der Waals surface area contributed by atoms with Crippen LogP contribution in [-0.2, 0) is 9.47 Å². The van der Waals surface area contributed by atoms with E-state index >= 15 is 0 Å². The van der Waals surface area contributed by atoms with Crippen LogP contribution in [0.5, 0.6) is 0 Å². The van der Waals surface area contributed by atoms with Gasteiger partial charge in [-0.25, -0.2) is 0 Å². The van der Waals surface area contributed by atoms with Crippen LogP contribution in [0.2, 0.25) is 0 Å². The van der Waals surface area contributed by atoms with Gasteiger partial charge < -0.3 is 20.1 Å². The maximum atomic E-state index is 5.44. The number of rotatable bonds is 11. The van der Waals surface area contributed by atoms with E-state index in [0.717, 1.165) is 31.5 Å². The molecule has 2 N–H and O–H groups in total. The molecule has 0 radical (unpaired) electrons. The molecule has 0 aromatic heterocycles. The minimum atomic E-state index is 0.646. The highest BCUT2D eigenvalue weighted by Crippen LogP contribution is 2.27. The molecule has 0 aromatic rings. The Kier molecular flexibility index (Phi) is 12.1. The average Bonchev–Trinajstić information content (AvgIpc) is 2.55. The predicted octanol–water partition coefficient (Wildman–Crippen LogP) is 2.57. The van der Waals surface area contributed by atoms with Gasteiger partial charge in [0.25, 0.3) is 0 Å². The van der Waals surface area contributed by atoms with Crippen LogP contribution in [0.3, 0.4) is 0 Å². The monoisotopic (exact) mass is 313 g/mol. The molecule has 5 nitrogen and oxygen atoms in total. The summed E-state index contributed by atoms with van der Waals surface area (Å²) in [5.41, 5.74) is 0. The summed E-state index contributed by atoms with van der Waals surface area (Å²) in [5.74, 6) is 1.86. The van der Waals surface area contributed by atoms with Crippen molar-refractivity contribution in [1.82, 2.24) is 10.6 Å². The van der Waals surface area contributed by atoms with Crippen molar-refractivity contribution in [2.75, 3.05) is 46.6 Å². The lowest BCUT2D eigenvalue weighted by atomic mass is 9.86. The van der Waals surface area contributed by atoms with Gasteiger partial charge >= 0.3 is 0 Å². The van der Waals surface area contributed by atoms with Crippen LogP contribution in [-0.4, -0.2) is 52.5 Å². The number of nitrogens with zero attached hydrogens (tertiary/aromatic N) is 1. The number of nitrogens with one attached hydrogen (secondary N) is 2. The third kappa shape index (κ3) is 10.0. The summed E-state index contributed by atoms with van der Waals surface area (Å²) >= 11 is 0. The number of aliphatic imine (C=N–C) groups is 1. The fourth-order valence-electron chi connectivity index (χ4n) is 2.87. The molecule has 1 fully saturated rings. The molecule has 0 unspecified atom stereocenters. The summed E-state index contributed by atoms with van der Waals surface area (Å²) in [5, 5.41) is 6.59. The topological polar surface area (TPSA) is 54.9 Å². The van der Waals surface area contributed by atoms with Crippen LogP contribution in [0.25, 0.3) is 0 Å². The normalized spacial score (nSPS) is 16.7. The van der Waals surface area contributed by atoms with Crippen LogP contribution >= 0.6 is 0 Å². The fraction of sp³-hybridized carbons (Fsp3) is 0.941. The Labute approximate surface area is 136 Å². The van der Waals surface area contributed by atoms with Crippen molar-refractivity contribution in [2.24, 2.45) is 10.9 Å². The molecule has 0 spiro atoms. The molecular formula is C17H35N3O2. The molecule has 1 aliphatic carbocycles. The summed E-state index contributed by atoms with van der Waals surface area (Å²) in [7, 11) is 1.69. The van der Waals surface area contributed by atoms with Crippen LogP contribution in [0, 0.1) is 5.92 Å². The second-order valence-corrected chi connectivity index (χ2v) is 5.94. The Balaban J connectivity index is 2.09. The Morgan fingerprint density at radius 1 is 1.09 bits per heavy atom. The maximum absolute atomic E-state index is 5.44. The van der Waals surface area contributed by atoms with Gasteiger partial charge in [-0.2, -0.15) is 0 Å². The molecule has 1 saturated carbocycles. The van der Waals surface area contributed by atoms with Gasteiger partial charge in [-0.05, 0) is 25.7 Å². The van der Waals surface area contributed by atoms with Crippen LogP contribution in [0.15, 0.2) is 4.99 Å². The lowest BCUT2D eigenvalue weighted by Gasteiger charge is -2.20. The van der Waals surface area contributed by atoms with Gasteiger partial charge in [-0.3, -0.25) is 4.99 Å². The summed E-state index contributed by atoms with van der Waals surface area (Å²) in [6.45, 7) is 6.64. The van der Waals surface area contributed by atoms with E-state index in [9.17, 15) is 0 Å². The van der Waals surface area contributed by atoms with Crippen molar-refractivity contribution in [1.29, 1.82) is 0 Å². The molecule has 0 aromatic carbocycles. The second kappa shape index (κ2) is 13.8. The molecule has 0 bridgehead atoms. The molecule has 130 valence electrons. The Hall–Kier alpha value is -0.810. The molecule has 0 atom stereocenters. The molecule has 1 rings (SSSR count). The Bertz CT molecular complexity index is 279. The highest BCUT2D eigenvalue weighted by Gasteiger charge is 2.12. The zero-order valence-electron chi connectivity index (χ0n) is 14.5. The number of methoxy groups -OCH3 is 1. The quantitative estimate of drug-likeness (QED) is 0.350. The molecule has 22 heavy (non-hydrogen) atoms. The van der Waals surface area contributed by atoms with E-state index in [1.165, 1.54) is 44.9 Å². The summed E-state index contributed by atoms with van der Waals surface area (Å²) < 4.78 is 10.4. The van der Waals surface area contributed by atoms with E-state index < -0.39 is 0 Å².